The Morgan fingerprint density at radius 2 is 1.86 bits per heavy atom. The zero-order chi connectivity index (χ0) is 10.6. The third kappa shape index (κ3) is 3.01. The van der Waals surface area contributed by atoms with Crippen molar-refractivity contribution in [3.8, 4) is 0 Å². The normalized spacial score (nSPS) is 11.3. The summed E-state index contributed by atoms with van der Waals surface area (Å²) < 4.78 is 30.1. The van der Waals surface area contributed by atoms with Gasteiger partial charge in [0, 0.05) is 12.2 Å². The molecule has 1 aromatic rings. The first kappa shape index (κ1) is 11.0. The summed E-state index contributed by atoms with van der Waals surface area (Å²) in [6.45, 7) is 2.88. The fraction of sp³-hybridized carbons (Fsp3) is 0.333. The van der Waals surface area contributed by atoms with E-state index in [9.17, 15) is 8.42 Å². The molecule has 1 aromatic carbocycles. The fourth-order valence-corrected chi connectivity index (χ4v) is 1.49. The van der Waals surface area contributed by atoms with Gasteiger partial charge in [0.05, 0.1) is 4.90 Å². The SMILES string of the molecule is CCCNc1ccc(S(=O)(=O)O)cc1. The lowest BCUT2D eigenvalue weighted by Crippen LogP contribution is -2.01. The minimum Gasteiger partial charge on any atom is -0.385 e. The van der Waals surface area contributed by atoms with Gasteiger partial charge in [-0.15, -0.1) is 0 Å². The zero-order valence-electron chi connectivity index (χ0n) is 7.90. The van der Waals surface area contributed by atoms with Gasteiger partial charge in [-0.2, -0.15) is 8.42 Å². The van der Waals surface area contributed by atoms with Gasteiger partial charge in [0.15, 0.2) is 0 Å². The van der Waals surface area contributed by atoms with E-state index in [0.29, 0.717) is 0 Å². The highest BCUT2D eigenvalue weighted by atomic mass is 32.2. The lowest BCUT2D eigenvalue weighted by atomic mass is 10.3. The van der Waals surface area contributed by atoms with Crippen molar-refractivity contribution < 1.29 is 13.0 Å². The number of hydrogen-bond acceptors (Lipinski definition) is 3. The molecule has 5 heteroatoms. The van der Waals surface area contributed by atoms with Crippen molar-refractivity contribution in [3.63, 3.8) is 0 Å². The lowest BCUT2D eigenvalue weighted by molar-refractivity contribution is 0.483. The quantitative estimate of drug-likeness (QED) is 0.751. The molecule has 1 rings (SSSR count). The van der Waals surface area contributed by atoms with Gasteiger partial charge in [0.1, 0.15) is 0 Å². The van der Waals surface area contributed by atoms with Gasteiger partial charge in [-0.1, -0.05) is 6.92 Å². The smallest absolute Gasteiger partial charge is 0.294 e. The molecule has 0 saturated heterocycles. The van der Waals surface area contributed by atoms with Gasteiger partial charge < -0.3 is 5.32 Å². The second-order valence-corrected chi connectivity index (χ2v) is 4.35. The van der Waals surface area contributed by atoms with Crippen molar-refractivity contribution in [2.24, 2.45) is 0 Å². The Morgan fingerprint density at radius 3 is 2.29 bits per heavy atom. The van der Waals surface area contributed by atoms with Crippen molar-refractivity contribution in [1.82, 2.24) is 0 Å². The Hall–Kier alpha value is -1.07. The van der Waals surface area contributed by atoms with Crippen LogP contribution in [-0.2, 0) is 10.1 Å². The van der Waals surface area contributed by atoms with E-state index in [1.165, 1.54) is 12.1 Å². The number of benzene rings is 1. The van der Waals surface area contributed by atoms with Crippen LogP contribution in [0.3, 0.4) is 0 Å². The molecule has 0 aromatic heterocycles. The minimum atomic E-state index is -4.07. The summed E-state index contributed by atoms with van der Waals surface area (Å²) in [5, 5.41) is 3.10. The summed E-state index contributed by atoms with van der Waals surface area (Å²) >= 11 is 0. The summed E-state index contributed by atoms with van der Waals surface area (Å²) in [5.74, 6) is 0. The van der Waals surface area contributed by atoms with E-state index in [1.54, 1.807) is 12.1 Å². The van der Waals surface area contributed by atoms with E-state index in [1.807, 2.05) is 6.92 Å². The molecule has 0 aliphatic carbocycles. The molecule has 0 atom stereocenters. The second kappa shape index (κ2) is 4.43. The first-order valence-corrected chi connectivity index (χ1v) is 5.79. The maximum absolute atomic E-state index is 10.7. The Bertz CT molecular complexity index is 383. The van der Waals surface area contributed by atoms with Gasteiger partial charge in [-0.3, -0.25) is 4.55 Å². The van der Waals surface area contributed by atoms with Crippen LogP contribution in [0.25, 0.3) is 0 Å². The molecule has 0 unspecified atom stereocenters. The molecule has 4 nitrogen and oxygen atoms in total. The van der Waals surface area contributed by atoms with Gasteiger partial charge >= 0.3 is 0 Å². The van der Waals surface area contributed by atoms with Crippen molar-refractivity contribution in [3.05, 3.63) is 24.3 Å². The predicted octanol–water partition coefficient (Wildman–Crippen LogP) is 1.76. The van der Waals surface area contributed by atoms with E-state index in [4.69, 9.17) is 4.55 Å². The topological polar surface area (TPSA) is 66.4 Å². The molecule has 0 amide bonds. The molecule has 0 aliphatic rings. The largest absolute Gasteiger partial charge is 0.385 e. The van der Waals surface area contributed by atoms with Crippen molar-refractivity contribution in [2.45, 2.75) is 18.2 Å². The van der Waals surface area contributed by atoms with Crippen LogP contribution in [0.1, 0.15) is 13.3 Å². The summed E-state index contributed by atoms with van der Waals surface area (Å²) in [5.41, 5.74) is 0.847. The Morgan fingerprint density at radius 1 is 1.29 bits per heavy atom. The van der Waals surface area contributed by atoms with E-state index in [2.05, 4.69) is 5.32 Å². The van der Waals surface area contributed by atoms with Gasteiger partial charge in [-0.25, -0.2) is 0 Å². The molecule has 0 spiro atoms. The third-order valence-corrected chi connectivity index (χ3v) is 2.60. The number of nitrogens with one attached hydrogen (secondary N) is 1. The third-order valence-electron chi connectivity index (χ3n) is 1.73. The standard InChI is InChI=1S/C9H13NO3S/c1-2-7-10-8-3-5-9(6-4-8)14(11,12)13/h3-6,10H,2,7H2,1H3,(H,11,12,13). The molecule has 0 saturated carbocycles. The van der Waals surface area contributed by atoms with E-state index < -0.39 is 10.1 Å². The average molecular weight is 215 g/mol. The maximum Gasteiger partial charge on any atom is 0.294 e. The molecule has 14 heavy (non-hydrogen) atoms. The molecule has 0 heterocycles. The Kier molecular flexibility index (Phi) is 3.49. The van der Waals surface area contributed by atoms with Gasteiger partial charge in [0.2, 0.25) is 0 Å². The minimum absolute atomic E-state index is 0.0838. The van der Waals surface area contributed by atoms with E-state index in [0.717, 1.165) is 18.7 Å². The van der Waals surface area contributed by atoms with Crippen LogP contribution >= 0.6 is 0 Å². The molecule has 2 N–H and O–H groups in total. The fourth-order valence-electron chi connectivity index (χ4n) is 1.01. The van der Waals surface area contributed by atoms with Crippen LogP contribution in [0, 0.1) is 0 Å². The average Bonchev–Trinajstić information content (AvgIpc) is 2.14. The van der Waals surface area contributed by atoms with Crippen LogP contribution in [-0.4, -0.2) is 19.5 Å². The summed E-state index contributed by atoms with van der Waals surface area (Å²) in [6.07, 6.45) is 1.00. The summed E-state index contributed by atoms with van der Waals surface area (Å²) in [7, 11) is -4.07. The van der Waals surface area contributed by atoms with Crippen LogP contribution in [0.2, 0.25) is 0 Å². The highest BCUT2D eigenvalue weighted by Gasteiger charge is 2.07. The molecule has 78 valence electrons. The molecule has 0 aliphatic heterocycles. The van der Waals surface area contributed by atoms with Crippen LogP contribution < -0.4 is 5.32 Å². The summed E-state index contributed by atoms with van der Waals surface area (Å²) in [6, 6.07) is 5.98. The zero-order valence-corrected chi connectivity index (χ0v) is 8.71. The van der Waals surface area contributed by atoms with E-state index >= 15 is 0 Å². The van der Waals surface area contributed by atoms with Crippen molar-refractivity contribution in [1.29, 1.82) is 0 Å². The lowest BCUT2D eigenvalue weighted by Gasteiger charge is -2.04. The maximum atomic E-state index is 10.7. The van der Waals surface area contributed by atoms with Gasteiger partial charge in [-0.05, 0) is 30.7 Å². The van der Waals surface area contributed by atoms with Crippen molar-refractivity contribution >= 4 is 15.8 Å². The second-order valence-electron chi connectivity index (χ2n) is 2.93. The monoisotopic (exact) mass is 215 g/mol. The molecule has 0 bridgehead atoms. The molecule has 0 fully saturated rings. The highest BCUT2D eigenvalue weighted by Crippen LogP contribution is 2.13. The molecule has 0 radical (unpaired) electrons. The summed E-state index contributed by atoms with van der Waals surface area (Å²) in [4.78, 5) is -0.0838. The Labute approximate surface area is 83.7 Å². The Balaban J connectivity index is 2.79. The number of rotatable bonds is 4. The predicted molar refractivity (Wildman–Crippen MR) is 55.0 cm³/mol. The van der Waals surface area contributed by atoms with Gasteiger partial charge in [0.25, 0.3) is 10.1 Å². The van der Waals surface area contributed by atoms with E-state index in [-0.39, 0.29) is 4.90 Å². The van der Waals surface area contributed by atoms with Crippen LogP contribution in [0.5, 0.6) is 0 Å². The molecular formula is C9H13NO3S. The first-order chi connectivity index (χ1) is 6.54. The molecular weight excluding hydrogens is 202 g/mol. The number of anilines is 1. The van der Waals surface area contributed by atoms with Crippen LogP contribution in [0.4, 0.5) is 5.69 Å². The first-order valence-electron chi connectivity index (χ1n) is 4.35. The van der Waals surface area contributed by atoms with Crippen molar-refractivity contribution in [2.75, 3.05) is 11.9 Å². The van der Waals surface area contributed by atoms with Crippen LogP contribution in [0.15, 0.2) is 29.2 Å². The number of hydrogen-bond donors (Lipinski definition) is 2. The highest BCUT2D eigenvalue weighted by molar-refractivity contribution is 7.85.